The normalized spacial score (nSPS) is 23.3. The molecule has 8 heteroatoms. The van der Waals surface area contributed by atoms with Crippen LogP contribution in [0.5, 0.6) is 5.75 Å². The maximum absolute atomic E-state index is 12.2. The summed E-state index contributed by atoms with van der Waals surface area (Å²) < 4.78 is 46.9. The van der Waals surface area contributed by atoms with Crippen molar-refractivity contribution in [3.63, 3.8) is 0 Å². The van der Waals surface area contributed by atoms with Crippen molar-refractivity contribution in [3.05, 3.63) is 29.8 Å². The Morgan fingerprint density at radius 1 is 1.30 bits per heavy atom. The van der Waals surface area contributed by atoms with Gasteiger partial charge in [0, 0.05) is 31.7 Å². The number of halogens is 3. The molecule has 0 radical (unpaired) electrons. The lowest BCUT2D eigenvalue weighted by Crippen LogP contribution is -2.41. The van der Waals surface area contributed by atoms with Gasteiger partial charge in [0.1, 0.15) is 5.75 Å². The Bertz CT molecular complexity index is 641. The highest BCUT2D eigenvalue weighted by Crippen LogP contribution is 2.38. The number of likely N-dealkylation sites (tertiary alicyclic amines) is 1. The van der Waals surface area contributed by atoms with Crippen LogP contribution in [0.25, 0.3) is 0 Å². The molecule has 5 nitrogen and oxygen atoms in total. The van der Waals surface area contributed by atoms with E-state index in [-0.39, 0.29) is 11.2 Å². The van der Waals surface area contributed by atoms with Crippen LogP contribution >= 0.6 is 0 Å². The van der Waals surface area contributed by atoms with Gasteiger partial charge < -0.3 is 19.7 Å². The summed E-state index contributed by atoms with van der Waals surface area (Å²) in [6.07, 6.45) is -2.12. The van der Waals surface area contributed by atoms with E-state index in [1.54, 1.807) is 24.3 Å². The molecule has 0 amide bonds. The molecule has 0 bridgehead atoms. The number of guanidine groups is 1. The molecule has 1 unspecified atom stereocenters. The first-order chi connectivity index (χ1) is 12.9. The zero-order valence-electron chi connectivity index (χ0n) is 15.5. The monoisotopic (exact) mass is 385 g/mol. The minimum Gasteiger partial charge on any atom is -0.484 e. The Morgan fingerprint density at radius 2 is 2.07 bits per heavy atom. The van der Waals surface area contributed by atoms with E-state index in [4.69, 9.17) is 14.5 Å². The fourth-order valence-electron chi connectivity index (χ4n) is 3.54. The van der Waals surface area contributed by atoms with Crippen LogP contribution in [0.4, 0.5) is 13.2 Å². The highest BCUT2D eigenvalue weighted by Gasteiger charge is 2.42. The van der Waals surface area contributed by atoms with Crippen molar-refractivity contribution < 1.29 is 22.6 Å². The predicted octanol–water partition coefficient (Wildman–Crippen LogP) is 3.21. The molecule has 3 rings (SSSR count). The molecular weight excluding hydrogens is 359 g/mol. The smallest absolute Gasteiger partial charge is 0.422 e. The van der Waals surface area contributed by atoms with Gasteiger partial charge in [-0.25, -0.2) is 4.99 Å². The highest BCUT2D eigenvalue weighted by atomic mass is 19.4. The number of hydrogen-bond acceptors (Lipinski definition) is 3. The van der Waals surface area contributed by atoms with Crippen LogP contribution < -0.4 is 10.1 Å². The van der Waals surface area contributed by atoms with Gasteiger partial charge in [0.15, 0.2) is 12.6 Å². The van der Waals surface area contributed by atoms with Gasteiger partial charge in [0.25, 0.3) is 0 Å². The van der Waals surface area contributed by atoms with E-state index in [9.17, 15) is 13.2 Å². The van der Waals surface area contributed by atoms with Crippen molar-refractivity contribution in [1.29, 1.82) is 0 Å². The van der Waals surface area contributed by atoms with Gasteiger partial charge in [-0.2, -0.15) is 13.2 Å². The molecule has 1 aromatic carbocycles. The van der Waals surface area contributed by atoms with E-state index >= 15 is 0 Å². The van der Waals surface area contributed by atoms with Crippen LogP contribution in [0.15, 0.2) is 29.3 Å². The van der Waals surface area contributed by atoms with Crippen molar-refractivity contribution in [2.45, 2.75) is 32.5 Å². The SMILES string of the molecule is CCNC(=NCc1ccc(OCC(F)(F)F)cc1)N1CCC2(CCOC2)C1. The fourth-order valence-corrected chi connectivity index (χ4v) is 3.54. The van der Waals surface area contributed by atoms with E-state index in [0.717, 1.165) is 57.2 Å². The minimum absolute atomic E-state index is 0.203. The third-order valence-corrected chi connectivity index (χ3v) is 4.99. The van der Waals surface area contributed by atoms with E-state index in [1.807, 2.05) is 6.92 Å². The maximum atomic E-state index is 12.2. The standard InChI is InChI=1S/C19H26F3N3O2/c1-2-23-17(25-9-7-18(12-25)8-10-26-13-18)24-11-15-3-5-16(6-4-15)27-14-19(20,21)22/h3-6H,2,7-14H2,1H3,(H,23,24). The number of aliphatic imine (C=N–C) groups is 1. The summed E-state index contributed by atoms with van der Waals surface area (Å²) in [7, 11) is 0. The van der Waals surface area contributed by atoms with E-state index < -0.39 is 12.8 Å². The van der Waals surface area contributed by atoms with Crippen LogP contribution in [0, 0.1) is 5.41 Å². The van der Waals surface area contributed by atoms with Crippen molar-refractivity contribution in [1.82, 2.24) is 10.2 Å². The van der Waals surface area contributed by atoms with Gasteiger partial charge in [0.05, 0.1) is 13.2 Å². The lowest BCUT2D eigenvalue weighted by Gasteiger charge is -2.25. The molecule has 1 aromatic rings. The molecule has 1 N–H and O–H groups in total. The summed E-state index contributed by atoms with van der Waals surface area (Å²) >= 11 is 0. The second-order valence-corrected chi connectivity index (χ2v) is 7.19. The molecule has 0 saturated carbocycles. The number of benzene rings is 1. The first-order valence-electron chi connectivity index (χ1n) is 9.29. The number of nitrogens with zero attached hydrogens (tertiary/aromatic N) is 2. The Kier molecular flexibility index (Phi) is 6.14. The van der Waals surface area contributed by atoms with Crippen molar-refractivity contribution in [2.24, 2.45) is 10.4 Å². The zero-order chi connectivity index (χ0) is 19.3. The number of alkyl halides is 3. The lowest BCUT2D eigenvalue weighted by atomic mass is 9.87. The number of hydrogen-bond donors (Lipinski definition) is 1. The number of ether oxygens (including phenoxy) is 2. The zero-order valence-corrected chi connectivity index (χ0v) is 15.5. The first kappa shape index (κ1) is 19.8. The molecule has 150 valence electrons. The predicted molar refractivity (Wildman–Crippen MR) is 96.9 cm³/mol. The average Bonchev–Trinajstić information content (AvgIpc) is 3.27. The Labute approximate surface area is 157 Å². The van der Waals surface area contributed by atoms with E-state index in [1.165, 1.54) is 0 Å². The van der Waals surface area contributed by atoms with Gasteiger partial charge in [-0.1, -0.05) is 12.1 Å². The average molecular weight is 385 g/mol. The molecule has 0 aromatic heterocycles. The molecule has 27 heavy (non-hydrogen) atoms. The van der Waals surface area contributed by atoms with Gasteiger partial charge >= 0.3 is 6.18 Å². The summed E-state index contributed by atoms with van der Waals surface area (Å²) in [5.74, 6) is 1.08. The lowest BCUT2D eigenvalue weighted by molar-refractivity contribution is -0.153. The second-order valence-electron chi connectivity index (χ2n) is 7.19. The largest absolute Gasteiger partial charge is 0.484 e. The fraction of sp³-hybridized carbons (Fsp3) is 0.632. The summed E-state index contributed by atoms with van der Waals surface area (Å²) in [4.78, 5) is 6.98. The molecule has 1 atom stereocenters. The molecule has 2 saturated heterocycles. The van der Waals surface area contributed by atoms with E-state index in [0.29, 0.717) is 6.54 Å². The number of nitrogens with one attached hydrogen (secondary N) is 1. The minimum atomic E-state index is -4.33. The Morgan fingerprint density at radius 3 is 2.70 bits per heavy atom. The summed E-state index contributed by atoms with van der Waals surface area (Å²) in [5.41, 5.74) is 1.18. The third kappa shape index (κ3) is 5.51. The van der Waals surface area contributed by atoms with Gasteiger partial charge in [-0.3, -0.25) is 0 Å². The van der Waals surface area contributed by atoms with Crippen molar-refractivity contribution in [2.75, 3.05) is 39.5 Å². The Hall–Kier alpha value is -1.96. The molecule has 2 fully saturated rings. The van der Waals surface area contributed by atoms with Gasteiger partial charge in [-0.15, -0.1) is 0 Å². The molecule has 2 heterocycles. The van der Waals surface area contributed by atoms with Crippen LogP contribution in [0.3, 0.4) is 0 Å². The summed E-state index contributed by atoms with van der Waals surface area (Å²) in [6.45, 7) is 5.56. The van der Waals surface area contributed by atoms with Crippen LogP contribution in [-0.2, 0) is 11.3 Å². The molecule has 2 aliphatic rings. The highest BCUT2D eigenvalue weighted by molar-refractivity contribution is 5.80. The molecule has 0 aliphatic carbocycles. The summed E-state index contributed by atoms with van der Waals surface area (Å²) in [5, 5.41) is 3.33. The Balaban J connectivity index is 1.58. The first-order valence-corrected chi connectivity index (χ1v) is 9.29. The van der Waals surface area contributed by atoms with E-state index in [2.05, 4.69) is 10.2 Å². The van der Waals surface area contributed by atoms with Crippen LogP contribution in [0.2, 0.25) is 0 Å². The third-order valence-electron chi connectivity index (χ3n) is 4.99. The molecule has 1 spiro atoms. The van der Waals surface area contributed by atoms with Crippen LogP contribution in [0.1, 0.15) is 25.3 Å². The van der Waals surface area contributed by atoms with Crippen molar-refractivity contribution >= 4 is 5.96 Å². The topological polar surface area (TPSA) is 46.1 Å². The molecular formula is C19H26F3N3O2. The second kappa shape index (κ2) is 8.37. The molecule has 2 aliphatic heterocycles. The van der Waals surface area contributed by atoms with Crippen molar-refractivity contribution in [3.8, 4) is 5.75 Å². The number of rotatable bonds is 5. The van der Waals surface area contributed by atoms with Gasteiger partial charge in [0.2, 0.25) is 0 Å². The van der Waals surface area contributed by atoms with Gasteiger partial charge in [-0.05, 0) is 37.5 Å². The van der Waals surface area contributed by atoms with Crippen LogP contribution in [-0.4, -0.2) is 56.5 Å². The quantitative estimate of drug-likeness (QED) is 0.625. The maximum Gasteiger partial charge on any atom is 0.422 e. The summed E-state index contributed by atoms with van der Waals surface area (Å²) in [6, 6.07) is 6.58.